The Hall–Kier alpha value is -2.86. The number of aliphatic hydroxyl groups excluding tert-OH is 1. The van der Waals surface area contributed by atoms with Crippen molar-refractivity contribution < 1.29 is 19.2 Å². The second-order valence-electron chi connectivity index (χ2n) is 6.55. The number of aliphatic hydroxyl groups is 1. The molecule has 4 rings (SSSR count). The second-order valence-corrected chi connectivity index (χ2v) is 6.55. The molecule has 2 heterocycles. The Morgan fingerprint density at radius 1 is 1.31 bits per heavy atom. The van der Waals surface area contributed by atoms with Crippen LogP contribution in [0, 0.1) is 0 Å². The molecule has 1 aliphatic rings. The largest absolute Gasteiger partial charge is 0.480 e. The van der Waals surface area contributed by atoms with Crippen LogP contribution in [0.3, 0.4) is 0 Å². The molecule has 0 radical (unpaired) electrons. The number of amides is 1. The first-order chi connectivity index (χ1) is 12.7. The van der Waals surface area contributed by atoms with Crippen LogP contribution >= 0.6 is 0 Å². The zero-order valence-electron chi connectivity index (χ0n) is 14.5. The molecule has 1 fully saturated rings. The Labute approximate surface area is 151 Å². The van der Waals surface area contributed by atoms with Crippen LogP contribution in [-0.4, -0.2) is 40.3 Å². The number of ether oxygens (including phenoxy) is 1. The van der Waals surface area contributed by atoms with Crippen molar-refractivity contribution in [1.29, 1.82) is 0 Å². The number of hydrogen-bond donors (Lipinski definition) is 1. The molecule has 3 aromatic rings. The standard InChI is InChI=1S/C20H20N2O4/c1-13(25-19-8-4-6-14-5-2-3-7-17(14)19)20(24)22-10-15(11-22)18-9-16(12-23)26-21-18/h2-9,13,15,23H,10-12H2,1H3. The monoisotopic (exact) mass is 352 g/mol. The Kier molecular flexibility index (Phi) is 4.34. The van der Waals surface area contributed by atoms with Crippen molar-refractivity contribution in [2.24, 2.45) is 0 Å². The summed E-state index contributed by atoms with van der Waals surface area (Å²) in [6.07, 6.45) is -0.563. The molecule has 1 saturated heterocycles. The van der Waals surface area contributed by atoms with Crippen molar-refractivity contribution in [2.75, 3.05) is 13.1 Å². The summed E-state index contributed by atoms with van der Waals surface area (Å²) in [5, 5.41) is 15.1. The minimum absolute atomic E-state index is 0.0416. The zero-order chi connectivity index (χ0) is 18.1. The van der Waals surface area contributed by atoms with Crippen molar-refractivity contribution in [3.05, 3.63) is 60.0 Å². The summed E-state index contributed by atoms with van der Waals surface area (Å²) < 4.78 is 11.0. The third-order valence-corrected chi connectivity index (χ3v) is 4.75. The van der Waals surface area contributed by atoms with Crippen LogP contribution in [-0.2, 0) is 11.4 Å². The molecule has 1 N–H and O–H groups in total. The van der Waals surface area contributed by atoms with Gasteiger partial charge in [-0.2, -0.15) is 0 Å². The van der Waals surface area contributed by atoms with Gasteiger partial charge in [-0.3, -0.25) is 4.79 Å². The van der Waals surface area contributed by atoms with Gasteiger partial charge in [0.1, 0.15) is 12.4 Å². The lowest BCUT2D eigenvalue weighted by molar-refractivity contribution is -0.142. The number of likely N-dealkylation sites (tertiary alicyclic amines) is 1. The molecular weight excluding hydrogens is 332 g/mol. The first-order valence-electron chi connectivity index (χ1n) is 8.65. The molecule has 1 amide bonds. The van der Waals surface area contributed by atoms with Crippen LogP contribution in [0.5, 0.6) is 5.75 Å². The van der Waals surface area contributed by atoms with E-state index in [0.717, 1.165) is 16.5 Å². The third kappa shape index (κ3) is 3.04. The topological polar surface area (TPSA) is 75.8 Å². The van der Waals surface area contributed by atoms with E-state index >= 15 is 0 Å². The van der Waals surface area contributed by atoms with E-state index in [1.54, 1.807) is 17.9 Å². The molecule has 1 aliphatic heterocycles. The van der Waals surface area contributed by atoms with Crippen LogP contribution < -0.4 is 4.74 Å². The van der Waals surface area contributed by atoms with Crippen molar-refractivity contribution in [2.45, 2.75) is 25.6 Å². The molecule has 0 saturated carbocycles. The number of nitrogens with zero attached hydrogens (tertiary/aromatic N) is 2. The van der Waals surface area contributed by atoms with E-state index in [-0.39, 0.29) is 18.4 Å². The van der Waals surface area contributed by atoms with E-state index in [1.165, 1.54) is 0 Å². The van der Waals surface area contributed by atoms with E-state index in [2.05, 4.69) is 5.16 Å². The van der Waals surface area contributed by atoms with Crippen LogP contribution in [0.2, 0.25) is 0 Å². The number of aromatic nitrogens is 1. The van der Waals surface area contributed by atoms with Gasteiger partial charge in [-0.15, -0.1) is 0 Å². The summed E-state index contributed by atoms with van der Waals surface area (Å²) >= 11 is 0. The van der Waals surface area contributed by atoms with Gasteiger partial charge in [0.15, 0.2) is 11.9 Å². The normalized spacial score (nSPS) is 15.7. The molecule has 0 bridgehead atoms. The lowest BCUT2D eigenvalue weighted by Crippen LogP contribution is -2.52. The van der Waals surface area contributed by atoms with E-state index in [0.29, 0.717) is 24.6 Å². The number of fused-ring (bicyclic) bond motifs is 1. The third-order valence-electron chi connectivity index (χ3n) is 4.75. The summed E-state index contributed by atoms with van der Waals surface area (Å²) in [6, 6.07) is 15.5. The Morgan fingerprint density at radius 3 is 2.85 bits per heavy atom. The quantitative estimate of drug-likeness (QED) is 0.764. The van der Waals surface area contributed by atoms with Crippen LogP contribution in [0.1, 0.15) is 24.3 Å². The molecule has 2 aromatic carbocycles. The number of carbonyl (C=O) groups is 1. The van der Waals surface area contributed by atoms with Crippen molar-refractivity contribution >= 4 is 16.7 Å². The van der Waals surface area contributed by atoms with Gasteiger partial charge in [0.25, 0.3) is 5.91 Å². The Bertz CT molecular complexity index is 925. The SMILES string of the molecule is CC(Oc1cccc2ccccc12)C(=O)N1CC(c2cc(CO)on2)C1. The number of hydrogen-bond acceptors (Lipinski definition) is 5. The molecule has 6 nitrogen and oxygen atoms in total. The molecule has 1 atom stereocenters. The Morgan fingerprint density at radius 2 is 2.08 bits per heavy atom. The summed E-state index contributed by atoms with van der Waals surface area (Å²) in [5.74, 6) is 1.26. The average molecular weight is 352 g/mol. The highest BCUT2D eigenvalue weighted by atomic mass is 16.5. The fraction of sp³-hybridized carbons (Fsp3) is 0.300. The Balaban J connectivity index is 1.39. The zero-order valence-corrected chi connectivity index (χ0v) is 14.5. The van der Waals surface area contributed by atoms with Gasteiger partial charge >= 0.3 is 0 Å². The van der Waals surface area contributed by atoms with E-state index < -0.39 is 6.10 Å². The first-order valence-corrected chi connectivity index (χ1v) is 8.65. The van der Waals surface area contributed by atoms with Crippen molar-refractivity contribution in [1.82, 2.24) is 10.1 Å². The van der Waals surface area contributed by atoms with Gasteiger partial charge in [-0.25, -0.2) is 0 Å². The predicted molar refractivity (Wildman–Crippen MR) is 95.8 cm³/mol. The molecule has 134 valence electrons. The van der Waals surface area contributed by atoms with Gasteiger partial charge < -0.3 is 19.3 Å². The molecule has 1 unspecified atom stereocenters. The molecule has 6 heteroatoms. The van der Waals surface area contributed by atoms with Crippen molar-refractivity contribution in [3.63, 3.8) is 0 Å². The van der Waals surface area contributed by atoms with E-state index in [4.69, 9.17) is 14.4 Å². The van der Waals surface area contributed by atoms with Crippen LogP contribution in [0.15, 0.2) is 53.1 Å². The van der Waals surface area contributed by atoms with Crippen LogP contribution in [0.4, 0.5) is 0 Å². The molecule has 0 aliphatic carbocycles. The fourth-order valence-electron chi connectivity index (χ4n) is 3.24. The van der Waals surface area contributed by atoms with Gasteiger partial charge in [-0.05, 0) is 18.4 Å². The average Bonchev–Trinajstić information content (AvgIpc) is 3.09. The maximum absolute atomic E-state index is 12.6. The van der Waals surface area contributed by atoms with Gasteiger partial charge in [0, 0.05) is 30.5 Å². The lowest BCUT2D eigenvalue weighted by atomic mass is 9.95. The molecule has 0 spiro atoms. The lowest BCUT2D eigenvalue weighted by Gasteiger charge is -2.39. The molecule has 1 aromatic heterocycles. The molecular formula is C20H20N2O4. The van der Waals surface area contributed by atoms with Crippen molar-refractivity contribution in [3.8, 4) is 5.75 Å². The number of carbonyl (C=O) groups excluding carboxylic acids is 1. The number of benzene rings is 2. The summed E-state index contributed by atoms with van der Waals surface area (Å²) in [6.45, 7) is 2.77. The fourth-order valence-corrected chi connectivity index (χ4v) is 3.24. The van der Waals surface area contributed by atoms with Gasteiger partial charge in [0.2, 0.25) is 0 Å². The van der Waals surface area contributed by atoms with E-state index in [1.807, 2.05) is 42.5 Å². The maximum atomic E-state index is 12.6. The minimum Gasteiger partial charge on any atom is -0.480 e. The summed E-state index contributed by atoms with van der Waals surface area (Å²) in [4.78, 5) is 14.4. The van der Waals surface area contributed by atoms with Crippen LogP contribution in [0.25, 0.3) is 10.8 Å². The highest BCUT2D eigenvalue weighted by molar-refractivity contribution is 5.89. The predicted octanol–water partition coefficient (Wildman–Crippen LogP) is 2.71. The van der Waals surface area contributed by atoms with Gasteiger partial charge in [0.05, 0.1) is 5.69 Å². The second kappa shape index (κ2) is 6.80. The maximum Gasteiger partial charge on any atom is 0.263 e. The number of rotatable bonds is 5. The smallest absolute Gasteiger partial charge is 0.263 e. The van der Waals surface area contributed by atoms with Gasteiger partial charge in [-0.1, -0.05) is 41.6 Å². The first kappa shape index (κ1) is 16.6. The highest BCUT2D eigenvalue weighted by Gasteiger charge is 2.36. The minimum atomic E-state index is -0.563. The molecule has 26 heavy (non-hydrogen) atoms. The summed E-state index contributed by atoms with van der Waals surface area (Å²) in [7, 11) is 0. The summed E-state index contributed by atoms with van der Waals surface area (Å²) in [5.41, 5.74) is 0.778. The highest BCUT2D eigenvalue weighted by Crippen LogP contribution is 2.29. The van der Waals surface area contributed by atoms with E-state index in [9.17, 15) is 4.79 Å².